The average molecular weight is 468 g/mol. The quantitative estimate of drug-likeness (QED) is 0.218. The fraction of sp³-hybridized carbons (Fsp3) is 0.619. The number of nitrogens with one attached hydrogen (secondary N) is 2. The number of carbonyl (C=O) groups is 3. The Labute approximate surface area is 192 Å². The number of amides is 3. The number of nitrogens with zero attached hydrogens (tertiary/aromatic N) is 2. The lowest BCUT2D eigenvalue weighted by atomic mass is 9.92. The number of carbonyl (C=O) groups excluding carboxylic acids is 3. The molecule has 0 saturated carbocycles. The van der Waals surface area contributed by atoms with E-state index in [1.54, 1.807) is 39.8 Å². The van der Waals surface area contributed by atoms with Crippen molar-refractivity contribution in [3.8, 4) is 0 Å². The zero-order valence-corrected chi connectivity index (χ0v) is 20.0. The van der Waals surface area contributed by atoms with Crippen LogP contribution in [0.2, 0.25) is 0 Å². The molecule has 1 aromatic heterocycles. The molecule has 10 nitrogen and oxygen atoms in total. The lowest BCUT2D eigenvalue weighted by Gasteiger charge is -2.38. The van der Waals surface area contributed by atoms with Gasteiger partial charge in [-0.25, -0.2) is 4.79 Å². The molecule has 3 amide bonds. The minimum Gasteiger partial charge on any atom is -0.444 e. The number of piperidine rings is 1. The molecular weight excluding hydrogens is 434 g/mol. The van der Waals surface area contributed by atoms with Crippen molar-refractivity contribution in [3.05, 3.63) is 21.9 Å². The van der Waals surface area contributed by atoms with E-state index in [4.69, 9.17) is 15.7 Å². The predicted octanol–water partition coefficient (Wildman–Crippen LogP) is 2.00. The molecule has 178 valence electrons. The van der Waals surface area contributed by atoms with E-state index in [1.165, 1.54) is 16.2 Å². The molecule has 0 bridgehead atoms. The fourth-order valence-corrected chi connectivity index (χ4v) is 4.14. The van der Waals surface area contributed by atoms with Crippen LogP contribution in [0.25, 0.3) is 0 Å². The van der Waals surface area contributed by atoms with Crippen molar-refractivity contribution in [1.82, 2.24) is 15.5 Å². The zero-order chi connectivity index (χ0) is 24.1. The average Bonchev–Trinajstić information content (AvgIpc) is 3.18. The molecule has 11 heteroatoms. The summed E-state index contributed by atoms with van der Waals surface area (Å²) >= 11 is 1.29. The Bertz CT molecular complexity index is 863. The van der Waals surface area contributed by atoms with Gasteiger partial charge in [-0.1, -0.05) is 12.1 Å². The Hall–Kier alpha value is -2.82. The maximum atomic E-state index is 12.9. The van der Waals surface area contributed by atoms with Gasteiger partial charge in [-0.3, -0.25) is 14.5 Å². The first-order valence-corrected chi connectivity index (χ1v) is 11.4. The highest BCUT2D eigenvalue weighted by molar-refractivity contribution is 7.14. The van der Waals surface area contributed by atoms with E-state index >= 15 is 0 Å². The summed E-state index contributed by atoms with van der Waals surface area (Å²) < 4.78 is 5.46. The minimum absolute atomic E-state index is 0.00413. The van der Waals surface area contributed by atoms with E-state index in [0.29, 0.717) is 17.8 Å². The van der Waals surface area contributed by atoms with Gasteiger partial charge in [-0.05, 0) is 58.6 Å². The van der Waals surface area contributed by atoms with E-state index in [2.05, 4.69) is 15.8 Å². The number of rotatable bonds is 6. The van der Waals surface area contributed by atoms with Gasteiger partial charge in [0, 0.05) is 11.4 Å². The van der Waals surface area contributed by atoms with Crippen molar-refractivity contribution in [2.24, 2.45) is 16.8 Å². The third kappa shape index (κ3) is 7.11. The first kappa shape index (κ1) is 25.4. The molecule has 0 aliphatic carbocycles. The lowest BCUT2D eigenvalue weighted by molar-refractivity contribution is -0.132. The summed E-state index contributed by atoms with van der Waals surface area (Å²) in [4.78, 5) is 40.9. The van der Waals surface area contributed by atoms with Gasteiger partial charge in [0.15, 0.2) is 5.84 Å². The van der Waals surface area contributed by atoms with Crippen LogP contribution >= 0.6 is 11.3 Å². The fourth-order valence-electron chi connectivity index (χ4n) is 3.29. The standard InChI is InChI=1S/C21H33N5O5S/c1-12-8-9-26(20(29)31-21(3,4)5)15(10-12)19(28)24-13(2)18(27)23-11-14-6-7-16(32-14)17(22)25-30/h6-7,12-13,15,30H,8-11H2,1-5H3,(H2,22,25)(H,23,27)(H,24,28)/t12-,13-,15+/m0/s1. The Balaban J connectivity index is 1.95. The van der Waals surface area contributed by atoms with Gasteiger partial charge in [0.2, 0.25) is 11.8 Å². The van der Waals surface area contributed by atoms with Crippen LogP contribution in [0.1, 0.15) is 57.2 Å². The number of likely N-dealkylation sites (tertiary alicyclic amines) is 1. The number of hydrogen-bond acceptors (Lipinski definition) is 7. The predicted molar refractivity (Wildman–Crippen MR) is 121 cm³/mol. The van der Waals surface area contributed by atoms with Crippen molar-refractivity contribution in [1.29, 1.82) is 0 Å². The molecule has 32 heavy (non-hydrogen) atoms. The van der Waals surface area contributed by atoms with Crippen molar-refractivity contribution >= 4 is 35.1 Å². The highest BCUT2D eigenvalue weighted by Gasteiger charge is 2.37. The first-order valence-electron chi connectivity index (χ1n) is 10.6. The van der Waals surface area contributed by atoms with Crippen LogP contribution in [0, 0.1) is 5.92 Å². The molecule has 1 aliphatic heterocycles. The summed E-state index contributed by atoms with van der Waals surface area (Å²) in [6.45, 7) is 9.63. The van der Waals surface area contributed by atoms with Crippen LogP contribution in [0.3, 0.4) is 0 Å². The summed E-state index contributed by atoms with van der Waals surface area (Å²) in [6.07, 6.45) is 0.763. The Morgan fingerprint density at radius 2 is 2.06 bits per heavy atom. The van der Waals surface area contributed by atoms with Crippen molar-refractivity contribution in [3.63, 3.8) is 0 Å². The number of oxime groups is 1. The summed E-state index contributed by atoms with van der Waals surface area (Å²) in [5.74, 6) is -0.457. The summed E-state index contributed by atoms with van der Waals surface area (Å²) in [6, 6.07) is 1.99. The van der Waals surface area contributed by atoms with E-state index in [1.807, 2.05) is 6.92 Å². The van der Waals surface area contributed by atoms with E-state index < -0.39 is 23.8 Å². The largest absolute Gasteiger partial charge is 0.444 e. The second-order valence-electron chi connectivity index (χ2n) is 9.02. The van der Waals surface area contributed by atoms with Crippen LogP contribution < -0.4 is 16.4 Å². The maximum absolute atomic E-state index is 12.9. The number of thiophene rings is 1. The van der Waals surface area contributed by atoms with Crippen LogP contribution in [0.15, 0.2) is 17.3 Å². The molecule has 0 radical (unpaired) electrons. The second-order valence-corrected chi connectivity index (χ2v) is 10.2. The van der Waals surface area contributed by atoms with Gasteiger partial charge < -0.3 is 26.3 Å². The molecule has 2 heterocycles. The van der Waals surface area contributed by atoms with E-state index in [0.717, 1.165) is 11.3 Å². The summed E-state index contributed by atoms with van der Waals surface area (Å²) in [7, 11) is 0. The zero-order valence-electron chi connectivity index (χ0n) is 19.2. The highest BCUT2D eigenvalue weighted by Crippen LogP contribution is 2.25. The van der Waals surface area contributed by atoms with Crippen molar-refractivity contribution in [2.75, 3.05) is 6.54 Å². The minimum atomic E-state index is -0.788. The van der Waals surface area contributed by atoms with Crippen LogP contribution in [-0.2, 0) is 20.9 Å². The molecule has 1 fully saturated rings. The SMILES string of the molecule is C[C@H]1CCN(C(=O)OC(C)(C)C)[C@@H](C(=O)N[C@@H](C)C(=O)NCc2ccc(/C(N)=N/O)s2)C1. The molecule has 0 spiro atoms. The molecule has 1 aliphatic rings. The number of amidine groups is 1. The van der Waals surface area contributed by atoms with Gasteiger partial charge in [0.05, 0.1) is 11.4 Å². The van der Waals surface area contributed by atoms with Crippen molar-refractivity contribution < 1.29 is 24.3 Å². The van der Waals surface area contributed by atoms with Gasteiger partial charge in [0.25, 0.3) is 0 Å². The van der Waals surface area contributed by atoms with Crippen LogP contribution in [-0.4, -0.2) is 58.1 Å². The molecule has 1 aromatic rings. The molecule has 0 aromatic carbocycles. The molecule has 2 rings (SSSR count). The Kier molecular flexibility index (Phi) is 8.48. The van der Waals surface area contributed by atoms with Crippen LogP contribution in [0.5, 0.6) is 0 Å². The molecule has 5 N–H and O–H groups in total. The number of nitrogens with two attached hydrogens (primary N) is 1. The summed E-state index contributed by atoms with van der Waals surface area (Å²) in [5.41, 5.74) is 4.89. The topological polar surface area (TPSA) is 146 Å². The smallest absolute Gasteiger partial charge is 0.410 e. The van der Waals surface area contributed by atoms with Crippen LogP contribution in [0.4, 0.5) is 4.79 Å². The first-order chi connectivity index (χ1) is 14.9. The highest BCUT2D eigenvalue weighted by atomic mass is 32.1. The monoisotopic (exact) mass is 467 g/mol. The van der Waals surface area contributed by atoms with E-state index in [-0.39, 0.29) is 30.1 Å². The molecule has 1 saturated heterocycles. The van der Waals surface area contributed by atoms with Crippen molar-refractivity contribution in [2.45, 2.75) is 71.7 Å². The van der Waals surface area contributed by atoms with Gasteiger partial charge in [-0.15, -0.1) is 11.3 Å². The van der Waals surface area contributed by atoms with Gasteiger partial charge in [-0.2, -0.15) is 0 Å². The Morgan fingerprint density at radius 1 is 1.38 bits per heavy atom. The maximum Gasteiger partial charge on any atom is 0.410 e. The second kappa shape index (κ2) is 10.7. The van der Waals surface area contributed by atoms with Gasteiger partial charge in [0.1, 0.15) is 17.7 Å². The molecule has 0 unspecified atom stereocenters. The Morgan fingerprint density at radius 3 is 2.69 bits per heavy atom. The molecule has 3 atom stereocenters. The number of ether oxygens (including phenoxy) is 1. The van der Waals surface area contributed by atoms with Gasteiger partial charge >= 0.3 is 6.09 Å². The van der Waals surface area contributed by atoms with E-state index in [9.17, 15) is 14.4 Å². The third-order valence-electron chi connectivity index (χ3n) is 5.01. The summed E-state index contributed by atoms with van der Waals surface area (Å²) in [5, 5.41) is 17.2. The lowest BCUT2D eigenvalue weighted by Crippen LogP contribution is -2.57. The normalized spacial score (nSPS) is 20.4. The molecular formula is C21H33N5O5S. The third-order valence-corrected chi connectivity index (χ3v) is 6.11. The number of hydrogen-bond donors (Lipinski definition) is 4.